The van der Waals surface area contributed by atoms with E-state index in [1.165, 1.54) is 18.4 Å². The van der Waals surface area contributed by atoms with Gasteiger partial charge in [-0.25, -0.2) is 0 Å². The second-order valence-corrected chi connectivity index (χ2v) is 9.55. The van der Waals surface area contributed by atoms with Gasteiger partial charge in [0, 0.05) is 10.4 Å². The fourth-order valence-corrected chi connectivity index (χ4v) is 5.61. The van der Waals surface area contributed by atoms with E-state index in [2.05, 4.69) is 16.7 Å². The van der Waals surface area contributed by atoms with Crippen LogP contribution in [0.15, 0.2) is 82.7 Å². The Morgan fingerprint density at radius 2 is 1.86 bits per heavy atom. The fraction of sp³-hybridized carbons (Fsp3) is 0.154. The van der Waals surface area contributed by atoms with Gasteiger partial charge in [-0.2, -0.15) is 5.26 Å². The zero-order valence-corrected chi connectivity index (χ0v) is 20.3. The number of ether oxygens (including phenoxy) is 1. The molecule has 1 aromatic heterocycles. The molecule has 2 aromatic carbocycles. The van der Waals surface area contributed by atoms with Gasteiger partial charge in [0.25, 0.3) is 0 Å². The number of thioether (sulfide) groups is 1. The molecule has 1 aliphatic rings. The summed E-state index contributed by atoms with van der Waals surface area (Å²) in [7, 11) is 1.49. The van der Waals surface area contributed by atoms with E-state index in [0.717, 1.165) is 11.8 Å². The maximum atomic E-state index is 13.4. The third kappa shape index (κ3) is 5.29. The summed E-state index contributed by atoms with van der Waals surface area (Å²) in [6.07, 6.45) is 0. The topological polar surface area (TPSA) is 108 Å². The summed E-state index contributed by atoms with van der Waals surface area (Å²) in [6.45, 7) is 0. The molecule has 2 heterocycles. The minimum atomic E-state index is -1.18. The maximum Gasteiger partial charge on any atom is 0.238 e. The first-order valence-corrected chi connectivity index (χ1v) is 12.5. The van der Waals surface area contributed by atoms with Gasteiger partial charge in [0.1, 0.15) is 11.7 Å². The molecule has 3 aromatic rings. The summed E-state index contributed by atoms with van der Waals surface area (Å²) in [6, 6.07) is 21.5. The Balaban J connectivity index is 1.64. The Kier molecular flexibility index (Phi) is 7.65. The number of nitrogens with zero attached hydrogens (tertiary/aromatic N) is 1. The van der Waals surface area contributed by atoms with E-state index in [9.17, 15) is 19.6 Å². The lowest BCUT2D eigenvalue weighted by molar-refractivity contribution is -0.133. The number of allylic oxidation sites excluding steroid dienone is 1. The number of para-hydroxylation sites is 2. The smallest absolute Gasteiger partial charge is 0.238 e. The van der Waals surface area contributed by atoms with Crippen LogP contribution in [0.4, 0.5) is 5.69 Å². The van der Waals surface area contributed by atoms with Crippen molar-refractivity contribution in [3.8, 4) is 11.8 Å². The van der Waals surface area contributed by atoms with Gasteiger partial charge in [-0.05, 0) is 23.6 Å². The van der Waals surface area contributed by atoms with Crippen molar-refractivity contribution in [2.75, 3.05) is 18.2 Å². The lowest BCUT2D eigenvalue weighted by Gasteiger charge is -2.31. The van der Waals surface area contributed by atoms with E-state index in [4.69, 9.17) is 4.74 Å². The molecule has 9 heteroatoms. The first kappa shape index (κ1) is 24.3. The van der Waals surface area contributed by atoms with E-state index in [1.54, 1.807) is 54.6 Å². The first-order valence-electron chi connectivity index (χ1n) is 10.7. The molecular weight excluding hydrogens is 482 g/mol. The van der Waals surface area contributed by atoms with Gasteiger partial charge in [-0.1, -0.05) is 60.3 Å². The number of rotatable bonds is 8. The number of carbonyl (C=O) groups excluding carboxylic acids is 3. The molecule has 2 N–H and O–H groups in total. The summed E-state index contributed by atoms with van der Waals surface area (Å²) in [4.78, 5) is 39.9. The summed E-state index contributed by atoms with van der Waals surface area (Å²) in [5, 5.41) is 17.7. The number of nitriles is 1. The first-order chi connectivity index (χ1) is 17.0. The molecule has 0 saturated heterocycles. The lowest BCUT2D eigenvalue weighted by atomic mass is 9.81. The Morgan fingerprint density at radius 1 is 1.11 bits per heavy atom. The van der Waals surface area contributed by atoms with Crippen molar-refractivity contribution in [1.82, 2.24) is 5.32 Å². The highest BCUT2D eigenvalue weighted by atomic mass is 32.2. The zero-order chi connectivity index (χ0) is 24.8. The maximum absolute atomic E-state index is 13.4. The number of hydrogen-bond donors (Lipinski definition) is 2. The number of benzene rings is 2. The number of nitrogens with one attached hydrogen (secondary N) is 2. The lowest BCUT2D eigenvalue weighted by Crippen LogP contribution is -2.45. The Bertz CT molecular complexity index is 1310. The molecule has 2 amide bonds. The van der Waals surface area contributed by atoms with Crippen molar-refractivity contribution < 1.29 is 19.1 Å². The van der Waals surface area contributed by atoms with Crippen molar-refractivity contribution in [3.05, 3.63) is 93.2 Å². The van der Waals surface area contributed by atoms with Gasteiger partial charge in [-0.15, -0.1) is 11.3 Å². The molecule has 4 rings (SSSR count). The minimum Gasteiger partial charge on any atom is -0.495 e. The molecular formula is C26H21N3O4S2. The van der Waals surface area contributed by atoms with Crippen LogP contribution in [0.3, 0.4) is 0 Å². The highest BCUT2D eigenvalue weighted by Gasteiger charge is 2.44. The predicted octanol–water partition coefficient (Wildman–Crippen LogP) is 4.58. The van der Waals surface area contributed by atoms with Gasteiger partial charge in [0.2, 0.25) is 11.8 Å². The van der Waals surface area contributed by atoms with Crippen LogP contribution in [0, 0.1) is 17.2 Å². The molecule has 7 nitrogen and oxygen atoms in total. The third-order valence-electron chi connectivity index (χ3n) is 5.47. The van der Waals surface area contributed by atoms with Crippen LogP contribution in [-0.2, 0) is 9.59 Å². The van der Waals surface area contributed by atoms with Crippen LogP contribution in [0.5, 0.6) is 5.75 Å². The largest absolute Gasteiger partial charge is 0.495 e. The SMILES string of the molecule is COc1ccccc1NC(=O)C1C(=O)NC(SCC(=O)c2ccccc2)=C(C#N)C1c1cccs1. The predicted molar refractivity (Wildman–Crippen MR) is 136 cm³/mol. The molecule has 0 spiro atoms. The summed E-state index contributed by atoms with van der Waals surface area (Å²) in [5.74, 6) is -2.68. The van der Waals surface area contributed by atoms with E-state index < -0.39 is 23.7 Å². The molecule has 0 saturated carbocycles. The average Bonchev–Trinajstić information content (AvgIpc) is 3.42. The highest BCUT2D eigenvalue weighted by Crippen LogP contribution is 2.42. The van der Waals surface area contributed by atoms with Gasteiger partial charge in [0.05, 0.1) is 41.1 Å². The number of Topliss-reactive ketones (excluding diaryl/α,β-unsaturated/α-hetero) is 1. The Hall–Kier alpha value is -3.87. The number of ketones is 1. The summed E-state index contributed by atoms with van der Waals surface area (Å²) in [5.41, 5.74) is 1.22. The fourth-order valence-electron chi connectivity index (χ4n) is 3.80. The van der Waals surface area contributed by atoms with Crippen molar-refractivity contribution in [1.29, 1.82) is 5.26 Å². The molecule has 0 aliphatic carbocycles. The summed E-state index contributed by atoms with van der Waals surface area (Å²) < 4.78 is 5.30. The van der Waals surface area contributed by atoms with E-state index in [1.807, 2.05) is 17.5 Å². The van der Waals surface area contributed by atoms with Crippen LogP contribution in [-0.4, -0.2) is 30.5 Å². The molecule has 2 unspecified atom stereocenters. The van der Waals surface area contributed by atoms with Crippen LogP contribution in [0.1, 0.15) is 21.2 Å². The van der Waals surface area contributed by atoms with Crippen LogP contribution in [0.2, 0.25) is 0 Å². The number of amides is 2. The van der Waals surface area contributed by atoms with Crippen molar-refractivity contribution in [3.63, 3.8) is 0 Å². The van der Waals surface area contributed by atoms with E-state index >= 15 is 0 Å². The van der Waals surface area contributed by atoms with Gasteiger partial charge < -0.3 is 15.4 Å². The summed E-state index contributed by atoms with van der Waals surface area (Å²) >= 11 is 2.45. The second kappa shape index (κ2) is 11.0. The number of anilines is 1. The standard InChI is InChI=1S/C26H21N3O4S2/c1-33-20-11-6-5-10-18(20)28-24(31)23-22(21-12-7-13-34-21)17(14-27)26(29-25(23)32)35-15-19(30)16-8-3-2-4-9-16/h2-13,22-23H,15H2,1H3,(H,28,31)(H,29,32). The monoisotopic (exact) mass is 503 g/mol. The van der Waals surface area contributed by atoms with E-state index in [0.29, 0.717) is 26.9 Å². The van der Waals surface area contributed by atoms with E-state index in [-0.39, 0.29) is 17.1 Å². The molecule has 0 bridgehead atoms. The Labute approximate surface area is 210 Å². The second-order valence-electron chi connectivity index (χ2n) is 7.58. The van der Waals surface area contributed by atoms with Crippen molar-refractivity contribution >= 4 is 46.4 Å². The molecule has 0 radical (unpaired) electrons. The molecule has 2 atom stereocenters. The van der Waals surface area contributed by atoms with Crippen molar-refractivity contribution in [2.24, 2.45) is 5.92 Å². The van der Waals surface area contributed by atoms with Gasteiger partial charge >= 0.3 is 0 Å². The average molecular weight is 504 g/mol. The normalized spacial score (nSPS) is 17.3. The molecule has 0 fully saturated rings. The molecule has 35 heavy (non-hydrogen) atoms. The number of carbonyl (C=O) groups is 3. The highest BCUT2D eigenvalue weighted by molar-refractivity contribution is 8.03. The zero-order valence-electron chi connectivity index (χ0n) is 18.7. The third-order valence-corrected chi connectivity index (χ3v) is 7.44. The van der Waals surface area contributed by atoms with Crippen LogP contribution < -0.4 is 15.4 Å². The number of methoxy groups -OCH3 is 1. The quantitative estimate of drug-likeness (QED) is 0.344. The molecule has 1 aliphatic heterocycles. The number of thiophene rings is 1. The van der Waals surface area contributed by atoms with Gasteiger partial charge in [0.15, 0.2) is 5.78 Å². The van der Waals surface area contributed by atoms with Crippen molar-refractivity contribution in [2.45, 2.75) is 5.92 Å². The van der Waals surface area contributed by atoms with Crippen LogP contribution in [0.25, 0.3) is 0 Å². The van der Waals surface area contributed by atoms with Crippen LogP contribution >= 0.6 is 23.1 Å². The molecule has 176 valence electrons. The minimum absolute atomic E-state index is 0.0417. The van der Waals surface area contributed by atoms with Gasteiger partial charge in [-0.3, -0.25) is 14.4 Å². The Morgan fingerprint density at radius 3 is 2.54 bits per heavy atom. The number of hydrogen-bond acceptors (Lipinski definition) is 7.